The lowest BCUT2D eigenvalue weighted by Crippen LogP contribution is -2.26. The fraction of sp³-hybridized carbons (Fsp3) is 0.158. The number of amides is 1. The van der Waals surface area contributed by atoms with Crippen LogP contribution in [0.15, 0.2) is 60.2 Å². The zero-order valence-electron chi connectivity index (χ0n) is 13.5. The third kappa shape index (κ3) is 5.85. The minimum absolute atomic E-state index is 0.0859. The molecule has 124 valence electrons. The first-order valence-corrected chi connectivity index (χ1v) is 7.41. The van der Waals surface area contributed by atoms with Crippen LogP contribution in [-0.4, -0.2) is 22.7 Å². The van der Waals surface area contributed by atoms with Gasteiger partial charge in [-0.2, -0.15) is 5.26 Å². The number of aromatic hydroxyl groups is 2. The van der Waals surface area contributed by atoms with Crippen LogP contribution in [0.1, 0.15) is 18.9 Å². The molecule has 5 nitrogen and oxygen atoms in total. The Morgan fingerprint density at radius 2 is 2.08 bits per heavy atom. The highest BCUT2D eigenvalue weighted by atomic mass is 16.3. The molecule has 1 aromatic rings. The Kier molecular flexibility index (Phi) is 7.59. The molecule has 0 saturated heterocycles. The molecule has 0 aromatic heterocycles. The average molecular weight is 324 g/mol. The van der Waals surface area contributed by atoms with Crippen molar-refractivity contribution in [3.05, 3.63) is 65.8 Å². The van der Waals surface area contributed by atoms with E-state index in [0.717, 1.165) is 12.0 Å². The summed E-state index contributed by atoms with van der Waals surface area (Å²) in [4.78, 5) is 12.1. The molecular formula is C19H20N2O3. The number of carbonyl (C=O) groups is 1. The van der Waals surface area contributed by atoms with E-state index in [-0.39, 0.29) is 17.1 Å². The van der Waals surface area contributed by atoms with Crippen LogP contribution in [0.25, 0.3) is 6.08 Å². The van der Waals surface area contributed by atoms with Gasteiger partial charge in [0.1, 0.15) is 11.6 Å². The number of nitrogens with zero attached hydrogens (tertiary/aromatic N) is 1. The predicted molar refractivity (Wildman–Crippen MR) is 94.1 cm³/mol. The summed E-state index contributed by atoms with van der Waals surface area (Å²) in [5, 5.41) is 30.6. The molecule has 0 aliphatic carbocycles. The van der Waals surface area contributed by atoms with Gasteiger partial charge in [-0.15, -0.1) is 0 Å². The summed E-state index contributed by atoms with van der Waals surface area (Å²) in [6.45, 7) is 5.88. The lowest BCUT2D eigenvalue weighted by atomic mass is 10.1. The zero-order chi connectivity index (χ0) is 17.9. The van der Waals surface area contributed by atoms with E-state index < -0.39 is 5.91 Å². The quantitative estimate of drug-likeness (QED) is 0.311. The van der Waals surface area contributed by atoms with Crippen molar-refractivity contribution >= 4 is 12.0 Å². The van der Waals surface area contributed by atoms with Crippen LogP contribution in [0.4, 0.5) is 0 Å². The number of phenols is 2. The average Bonchev–Trinajstić information content (AvgIpc) is 2.58. The molecule has 3 N–H and O–H groups in total. The first kappa shape index (κ1) is 18.8. The van der Waals surface area contributed by atoms with E-state index in [1.54, 1.807) is 12.2 Å². The summed E-state index contributed by atoms with van der Waals surface area (Å²) in [7, 11) is 0. The van der Waals surface area contributed by atoms with Gasteiger partial charge >= 0.3 is 0 Å². The summed E-state index contributed by atoms with van der Waals surface area (Å²) in [5.41, 5.74) is 1.36. The third-order valence-corrected chi connectivity index (χ3v) is 3.18. The topological polar surface area (TPSA) is 93.4 Å². The number of nitrogens with one attached hydrogen (secondary N) is 1. The van der Waals surface area contributed by atoms with E-state index in [9.17, 15) is 15.0 Å². The van der Waals surface area contributed by atoms with E-state index >= 15 is 0 Å². The number of phenolic OH excluding ortho intramolecular Hbond substituents is 2. The maximum Gasteiger partial charge on any atom is 0.262 e. The van der Waals surface area contributed by atoms with Crippen molar-refractivity contribution in [3.8, 4) is 17.6 Å². The highest BCUT2D eigenvalue weighted by molar-refractivity contribution is 6.01. The largest absolute Gasteiger partial charge is 0.504 e. The van der Waals surface area contributed by atoms with Gasteiger partial charge in [0, 0.05) is 6.54 Å². The molecule has 0 fully saturated rings. The summed E-state index contributed by atoms with van der Waals surface area (Å²) in [6.07, 6.45) is 9.27. The SMILES string of the molecule is C=CC=CC=C(CC)CNC(=O)C(C#N)=Cc1ccc(O)c(O)c1. The lowest BCUT2D eigenvalue weighted by molar-refractivity contribution is -0.116. The molecule has 0 aliphatic heterocycles. The van der Waals surface area contributed by atoms with Crippen LogP contribution >= 0.6 is 0 Å². The maximum absolute atomic E-state index is 12.1. The van der Waals surface area contributed by atoms with Crippen molar-refractivity contribution < 1.29 is 15.0 Å². The van der Waals surface area contributed by atoms with Crippen molar-refractivity contribution in [3.63, 3.8) is 0 Å². The smallest absolute Gasteiger partial charge is 0.262 e. The monoisotopic (exact) mass is 324 g/mol. The van der Waals surface area contributed by atoms with E-state index in [1.807, 2.05) is 25.1 Å². The highest BCUT2D eigenvalue weighted by Gasteiger charge is 2.09. The van der Waals surface area contributed by atoms with E-state index in [0.29, 0.717) is 12.1 Å². The molecular weight excluding hydrogens is 304 g/mol. The number of hydrogen-bond donors (Lipinski definition) is 3. The van der Waals surface area contributed by atoms with Crippen molar-refractivity contribution in [1.82, 2.24) is 5.32 Å². The second-order valence-corrected chi connectivity index (χ2v) is 4.90. The molecule has 0 aliphatic rings. The van der Waals surface area contributed by atoms with Crippen LogP contribution < -0.4 is 5.32 Å². The zero-order valence-corrected chi connectivity index (χ0v) is 13.5. The minimum Gasteiger partial charge on any atom is -0.504 e. The van der Waals surface area contributed by atoms with Crippen LogP contribution in [0.3, 0.4) is 0 Å². The lowest BCUT2D eigenvalue weighted by Gasteiger charge is -2.06. The van der Waals surface area contributed by atoms with Crippen LogP contribution in [0.2, 0.25) is 0 Å². The van der Waals surface area contributed by atoms with Gasteiger partial charge in [-0.25, -0.2) is 0 Å². The second kappa shape index (κ2) is 9.70. The van der Waals surface area contributed by atoms with Gasteiger partial charge in [-0.3, -0.25) is 4.79 Å². The van der Waals surface area contributed by atoms with Gasteiger partial charge in [0.05, 0.1) is 0 Å². The molecule has 1 aromatic carbocycles. The van der Waals surface area contributed by atoms with Crippen LogP contribution in [-0.2, 0) is 4.79 Å². The van der Waals surface area contributed by atoms with Crippen LogP contribution in [0, 0.1) is 11.3 Å². The Bertz CT molecular complexity index is 737. The molecule has 5 heteroatoms. The highest BCUT2D eigenvalue weighted by Crippen LogP contribution is 2.25. The first-order valence-electron chi connectivity index (χ1n) is 7.41. The summed E-state index contributed by atoms with van der Waals surface area (Å²) in [5.74, 6) is -1.08. The summed E-state index contributed by atoms with van der Waals surface area (Å²) < 4.78 is 0. The Morgan fingerprint density at radius 1 is 1.33 bits per heavy atom. The van der Waals surface area contributed by atoms with Gasteiger partial charge in [0.25, 0.3) is 5.91 Å². The van der Waals surface area contributed by atoms with Crippen molar-refractivity contribution in [2.24, 2.45) is 0 Å². The molecule has 0 heterocycles. The Balaban J connectivity index is 2.83. The Labute approximate surface area is 141 Å². The summed E-state index contributed by atoms with van der Waals surface area (Å²) >= 11 is 0. The molecule has 0 bridgehead atoms. The molecule has 0 radical (unpaired) electrons. The number of carbonyl (C=O) groups excluding carboxylic acids is 1. The second-order valence-electron chi connectivity index (χ2n) is 4.90. The molecule has 24 heavy (non-hydrogen) atoms. The van der Waals surface area contributed by atoms with Crippen molar-refractivity contribution in [2.45, 2.75) is 13.3 Å². The van der Waals surface area contributed by atoms with Gasteiger partial charge < -0.3 is 15.5 Å². The standard InChI is InChI=1S/C19H20N2O3/c1-3-5-6-7-14(4-2)13-21-19(24)16(12-20)10-15-8-9-17(22)18(23)11-15/h3,5-11,22-23H,1,4,13H2,2H3,(H,21,24). The number of benzene rings is 1. The van der Waals surface area contributed by atoms with E-state index in [4.69, 9.17) is 5.26 Å². The Morgan fingerprint density at radius 3 is 2.67 bits per heavy atom. The number of nitriles is 1. The summed E-state index contributed by atoms with van der Waals surface area (Å²) in [6, 6.07) is 5.90. The Hall–Kier alpha value is -3.26. The molecule has 1 amide bonds. The molecule has 0 spiro atoms. The van der Waals surface area contributed by atoms with Gasteiger partial charge in [-0.1, -0.05) is 49.4 Å². The fourth-order valence-corrected chi connectivity index (χ4v) is 1.81. The number of allylic oxidation sites excluding steroid dienone is 4. The molecule has 0 saturated carbocycles. The maximum atomic E-state index is 12.1. The van der Waals surface area contributed by atoms with Gasteiger partial charge in [-0.05, 0) is 30.2 Å². The van der Waals surface area contributed by atoms with Crippen molar-refractivity contribution in [1.29, 1.82) is 5.26 Å². The molecule has 1 rings (SSSR count). The fourth-order valence-electron chi connectivity index (χ4n) is 1.81. The minimum atomic E-state index is -0.503. The van der Waals surface area contributed by atoms with Gasteiger partial charge in [0.15, 0.2) is 11.5 Å². The van der Waals surface area contributed by atoms with Crippen LogP contribution in [0.5, 0.6) is 11.5 Å². The van der Waals surface area contributed by atoms with E-state index in [2.05, 4.69) is 11.9 Å². The number of rotatable bonds is 7. The van der Waals surface area contributed by atoms with Gasteiger partial charge in [0.2, 0.25) is 0 Å². The number of hydrogen-bond acceptors (Lipinski definition) is 4. The molecule has 0 atom stereocenters. The molecule has 0 unspecified atom stereocenters. The third-order valence-electron chi connectivity index (χ3n) is 3.18. The first-order chi connectivity index (χ1) is 11.5. The predicted octanol–water partition coefficient (Wildman–Crippen LogP) is 3.20. The van der Waals surface area contributed by atoms with Crippen molar-refractivity contribution in [2.75, 3.05) is 6.54 Å². The van der Waals surface area contributed by atoms with E-state index in [1.165, 1.54) is 24.3 Å². The normalized spacial score (nSPS) is 12.0.